The van der Waals surface area contributed by atoms with E-state index < -0.39 is 5.54 Å². The minimum atomic E-state index is -0.557. The van der Waals surface area contributed by atoms with Gasteiger partial charge < -0.3 is 10.8 Å². The second kappa shape index (κ2) is 4.51. The Morgan fingerprint density at radius 3 is 2.53 bits per heavy atom. The van der Waals surface area contributed by atoms with Gasteiger partial charge in [-0.15, -0.1) is 0 Å². The summed E-state index contributed by atoms with van der Waals surface area (Å²) in [6.45, 7) is 6.27. The Morgan fingerprint density at radius 2 is 2.13 bits per heavy atom. The Morgan fingerprint density at radius 1 is 1.53 bits per heavy atom. The van der Waals surface area contributed by atoms with E-state index in [2.05, 4.69) is 5.10 Å². The van der Waals surface area contributed by atoms with Crippen LogP contribution in [0.2, 0.25) is 5.02 Å². The van der Waals surface area contributed by atoms with E-state index in [4.69, 9.17) is 22.4 Å². The summed E-state index contributed by atoms with van der Waals surface area (Å²) in [6, 6.07) is 0. The number of aryl methyl sites for hydroxylation is 2. The van der Waals surface area contributed by atoms with Crippen molar-refractivity contribution < 1.29 is 5.11 Å². The Balaban J connectivity index is 2.70. The molecule has 5 heteroatoms. The fraction of sp³-hybridized carbons (Fsp3) is 0.700. The molecule has 0 aliphatic carbocycles. The number of nitrogens with zero attached hydrogens (tertiary/aromatic N) is 2. The van der Waals surface area contributed by atoms with Crippen molar-refractivity contribution in [3.63, 3.8) is 0 Å². The summed E-state index contributed by atoms with van der Waals surface area (Å²) in [5, 5.41) is 14.0. The van der Waals surface area contributed by atoms with Gasteiger partial charge in [-0.1, -0.05) is 11.6 Å². The predicted octanol–water partition coefficient (Wildman–Crippen LogP) is 1.25. The smallest absolute Gasteiger partial charge is 0.0844 e. The van der Waals surface area contributed by atoms with Crippen LogP contribution in [0.4, 0.5) is 0 Å². The van der Waals surface area contributed by atoms with Crippen LogP contribution in [-0.4, -0.2) is 27.0 Å². The summed E-state index contributed by atoms with van der Waals surface area (Å²) in [5.74, 6) is 0. The van der Waals surface area contributed by atoms with Gasteiger partial charge in [0.15, 0.2) is 0 Å². The zero-order chi connectivity index (χ0) is 11.6. The molecule has 4 nitrogen and oxygen atoms in total. The van der Waals surface area contributed by atoms with Crippen LogP contribution in [0.15, 0.2) is 0 Å². The molecule has 0 saturated carbocycles. The second-order valence-electron chi connectivity index (χ2n) is 4.27. The first-order chi connectivity index (χ1) is 6.87. The van der Waals surface area contributed by atoms with E-state index in [9.17, 15) is 0 Å². The van der Waals surface area contributed by atoms with Gasteiger partial charge in [0.1, 0.15) is 0 Å². The van der Waals surface area contributed by atoms with E-state index in [1.54, 1.807) is 0 Å². The molecule has 0 amide bonds. The summed E-state index contributed by atoms with van der Waals surface area (Å²) < 4.78 is 1.83. The highest BCUT2D eigenvalue weighted by Crippen LogP contribution is 2.19. The maximum atomic E-state index is 9.02. The van der Waals surface area contributed by atoms with Crippen LogP contribution >= 0.6 is 11.6 Å². The van der Waals surface area contributed by atoms with E-state index >= 15 is 0 Å². The zero-order valence-electron chi connectivity index (χ0n) is 9.42. The number of rotatable bonds is 4. The Kier molecular flexibility index (Phi) is 3.76. The summed E-state index contributed by atoms with van der Waals surface area (Å²) in [4.78, 5) is 0. The van der Waals surface area contributed by atoms with Crippen LogP contribution < -0.4 is 5.73 Å². The third-order valence-electron chi connectivity index (χ3n) is 2.55. The molecule has 0 fully saturated rings. The molecule has 0 spiro atoms. The van der Waals surface area contributed by atoms with Gasteiger partial charge in [0.05, 0.1) is 23.0 Å². The Bertz CT molecular complexity index is 347. The third-order valence-corrected chi connectivity index (χ3v) is 3.10. The molecule has 0 aromatic carbocycles. The first-order valence-electron chi connectivity index (χ1n) is 4.96. The number of aliphatic hydroxyl groups excluding tert-OH is 1. The SMILES string of the molecule is Cc1nn(CCC(C)(N)CO)c(C)c1Cl. The van der Waals surface area contributed by atoms with Crippen LogP contribution in [0.25, 0.3) is 0 Å². The maximum absolute atomic E-state index is 9.02. The summed E-state index contributed by atoms with van der Waals surface area (Å²) >= 11 is 6.02. The van der Waals surface area contributed by atoms with Gasteiger partial charge in [-0.3, -0.25) is 4.68 Å². The molecule has 86 valence electrons. The van der Waals surface area contributed by atoms with Gasteiger partial charge in [0.2, 0.25) is 0 Å². The van der Waals surface area contributed by atoms with Crippen LogP contribution in [0.3, 0.4) is 0 Å². The molecule has 0 aliphatic rings. The molecule has 0 bridgehead atoms. The minimum Gasteiger partial charge on any atom is -0.394 e. The van der Waals surface area contributed by atoms with Crippen molar-refractivity contribution in [2.75, 3.05) is 6.61 Å². The van der Waals surface area contributed by atoms with Crippen LogP contribution in [-0.2, 0) is 6.54 Å². The van der Waals surface area contributed by atoms with Crippen molar-refractivity contribution in [3.05, 3.63) is 16.4 Å². The van der Waals surface area contributed by atoms with Gasteiger partial charge in [-0.05, 0) is 27.2 Å². The fourth-order valence-electron chi connectivity index (χ4n) is 1.33. The summed E-state index contributed by atoms with van der Waals surface area (Å²) in [6.07, 6.45) is 0.668. The largest absolute Gasteiger partial charge is 0.394 e. The Hall–Kier alpha value is -0.580. The maximum Gasteiger partial charge on any atom is 0.0844 e. The highest BCUT2D eigenvalue weighted by atomic mass is 35.5. The summed E-state index contributed by atoms with van der Waals surface area (Å²) in [5.41, 5.74) is 7.06. The number of aliphatic hydroxyl groups is 1. The van der Waals surface area contributed by atoms with Crippen molar-refractivity contribution in [2.45, 2.75) is 39.3 Å². The molecule has 3 N–H and O–H groups in total. The molecular weight excluding hydrogens is 214 g/mol. The fourth-order valence-corrected chi connectivity index (χ4v) is 1.47. The second-order valence-corrected chi connectivity index (χ2v) is 4.65. The molecule has 0 radical (unpaired) electrons. The Labute approximate surface area is 95.0 Å². The number of hydrogen-bond donors (Lipinski definition) is 2. The molecule has 1 unspecified atom stereocenters. The van der Waals surface area contributed by atoms with Crippen molar-refractivity contribution >= 4 is 11.6 Å². The molecule has 1 heterocycles. The molecular formula is C10H18ClN3O. The zero-order valence-corrected chi connectivity index (χ0v) is 10.2. The summed E-state index contributed by atoms with van der Waals surface area (Å²) in [7, 11) is 0. The van der Waals surface area contributed by atoms with Crippen LogP contribution in [0, 0.1) is 13.8 Å². The van der Waals surface area contributed by atoms with Gasteiger partial charge in [0, 0.05) is 12.1 Å². The predicted molar refractivity (Wildman–Crippen MR) is 61.0 cm³/mol. The standard InChI is InChI=1S/C10H18ClN3O/c1-7-9(11)8(2)14(13-7)5-4-10(3,12)6-15/h15H,4-6,12H2,1-3H3. The first kappa shape index (κ1) is 12.5. The van der Waals surface area contributed by atoms with Gasteiger partial charge in [-0.2, -0.15) is 5.10 Å². The van der Waals surface area contributed by atoms with E-state index in [-0.39, 0.29) is 6.61 Å². The topological polar surface area (TPSA) is 64.1 Å². The van der Waals surface area contributed by atoms with E-state index in [1.165, 1.54) is 0 Å². The van der Waals surface area contributed by atoms with E-state index in [1.807, 2.05) is 25.5 Å². The lowest BCUT2D eigenvalue weighted by atomic mass is 10.0. The highest BCUT2D eigenvalue weighted by Gasteiger charge is 2.18. The average molecular weight is 232 g/mol. The molecule has 1 aromatic heterocycles. The van der Waals surface area contributed by atoms with Gasteiger partial charge >= 0.3 is 0 Å². The minimum absolute atomic E-state index is 0.0277. The van der Waals surface area contributed by atoms with Crippen LogP contribution in [0.1, 0.15) is 24.7 Å². The van der Waals surface area contributed by atoms with Crippen LogP contribution in [0.5, 0.6) is 0 Å². The molecule has 0 aliphatic heterocycles. The van der Waals surface area contributed by atoms with Crippen molar-refractivity contribution in [2.24, 2.45) is 5.73 Å². The van der Waals surface area contributed by atoms with Crippen molar-refractivity contribution in [3.8, 4) is 0 Å². The van der Waals surface area contributed by atoms with Gasteiger partial charge in [0.25, 0.3) is 0 Å². The molecule has 1 aromatic rings. The van der Waals surface area contributed by atoms with Crippen molar-refractivity contribution in [1.29, 1.82) is 0 Å². The average Bonchev–Trinajstić information content (AvgIpc) is 2.43. The molecule has 0 saturated heterocycles. The monoisotopic (exact) mass is 231 g/mol. The number of halogens is 1. The van der Waals surface area contributed by atoms with E-state index in [0.717, 1.165) is 11.4 Å². The molecule has 1 rings (SSSR count). The lowest BCUT2D eigenvalue weighted by Crippen LogP contribution is -2.41. The first-order valence-corrected chi connectivity index (χ1v) is 5.34. The molecule has 1 atom stereocenters. The lowest BCUT2D eigenvalue weighted by Gasteiger charge is -2.21. The van der Waals surface area contributed by atoms with Gasteiger partial charge in [-0.25, -0.2) is 0 Å². The van der Waals surface area contributed by atoms with Crippen molar-refractivity contribution in [1.82, 2.24) is 9.78 Å². The highest BCUT2D eigenvalue weighted by molar-refractivity contribution is 6.31. The number of aromatic nitrogens is 2. The lowest BCUT2D eigenvalue weighted by molar-refractivity contribution is 0.194. The quantitative estimate of drug-likeness (QED) is 0.820. The van der Waals surface area contributed by atoms with E-state index in [0.29, 0.717) is 18.0 Å². The normalized spacial score (nSPS) is 15.3. The number of nitrogens with two attached hydrogens (primary N) is 1. The molecule has 15 heavy (non-hydrogen) atoms. The number of hydrogen-bond acceptors (Lipinski definition) is 3. The third kappa shape index (κ3) is 2.93.